The lowest BCUT2D eigenvalue weighted by Gasteiger charge is -2.31. The van der Waals surface area contributed by atoms with Gasteiger partial charge in [0, 0.05) is 18.0 Å². The van der Waals surface area contributed by atoms with E-state index in [1.54, 1.807) is 22.1 Å². The summed E-state index contributed by atoms with van der Waals surface area (Å²) < 4.78 is 1.66. The minimum Gasteiger partial charge on any atom is -0.297 e. The number of piperidine rings is 1. The van der Waals surface area contributed by atoms with E-state index in [2.05, 4.69) is 41.0 Å². The molecular weight excluding hydrogens is 334 g/mol. The van der Waals surface area contributed by atoms with Gasteiger partial charge in [-0.15, -0.1) is 21.5 Å². The lowest BCUT2D eigenvalue weighted by molar-refractivity contribution is 0.162. The van der Waals surface area contributed by atoms with Crippen molar-refractivity contribution in [2.24, 2.45) is 5.92 Å². The first kappa shape index (κ1) is 18.2. The smallest absolute Gasteiger partial charge is 0.266 e. The Morgan fingerprint density at radius 1 is 1.20 bits per heavy atom. The van der Waals surface area contributed by atoms with Crippen molar-refractivity contribution in [1.29, 1.82) is 0 Å². The van der Waals surface area contributed by atoms with E-state index in [-0.39, 0.29) is 11.0 Å². The number of nitrogens with zero attached hydrogens (tertiary/aromatic N) is 5. The van der Waals surface area contributed by atoms with Gasteiger partial charge in [-0.1, -0.05) is 20.8 Å². The zero-order chi connectivity index (χ0) is 18.0. The highest BCUT2D eigenvalue weighted by Gasteiger charge is 2.22. The van der Waals surface area contributed by atoms with Gasteiger partial charge in [0.1, 0.15) is 10.0 Å². The molecule has 1 fully saturated rings. The largest absolute Gasteiger partial charge is 0.297 e. The summed E-state index contributed by atoms with van der Waals surface area (Å²) in [6, 6.07) is 3.51. The zero-order valence-electron chi connectivity index (χ0n) is 15.5. The van der Waals surface area contributed by atoms with E-state index in [4.69, 9.17) is 0 Å². The summed E-state index contributed by atoms with van der Waals surface area (Å²) in [7, 11) is 0. The predicted molar refractivity (Wildman–Crippen MR) is 99.8 cm³/mol. The van der Waals surface area contributed by atoms with Gasteiger partial charge in [-0.05, 0) is 44.8 Å². The summed E-state index contributed by atoms with van der Waals surface area (Å²) in [6.07, 6.45) is 2.18. The first-order valence-electron chi connectivity index (χ1n) is 8.91. The van der Waals surface area contributed by atoms with Crippen LogP contribution in [0.4, 0.5) is 0 Å². The van der Waals surface area contributed by atoms with Crippen LogP contribution in [0.3, 0.4) is 0 Å². The Labute approximate surface area is 152 Å². The van der Waals surface area contributed by atoms with Gasteiger partial charge < -0.3 is 0 Å². The average Bonchev–Trinajstić information content (AvgIpc) is 2.95. The molecule has 0 bridgehead atoms. The zero-order valence-corrected chi connectivity index (χ0v) is 16.3. The van der Waals surface area contributed by atoms with E-state index in [0.29, 0.717) is 12.5 Å². The molecular formula is C18H27N5OS. The minimum absolute atomic E-state index is 0.000218. The molecule has 2 aromatic heterocycles. The van der Waals surface area contributed by atoms with Crippen LogP contribution in [0.1, 0.15) is 49.3 Å². The van der Waals surface area contributed by atoms with E-state index in [0.717, 1.165) is 48.2 Å². The van der Waals surface area contributed by atoms with Gasteiger partial charge in [-0.25, -0.2) is 4.68 Å². The summed E-state index contributed by atoms with van der Waals surface area (Å²) in [5.74, 6) is 0.507. The maximum atomic E-state index is 12.2. The molecule has 3 rings (SSSR count). The molecule has 0 saturated carbocycles. The molecule has 1 saturated heterocycles. The molecule has 1 aliphatic rings. The Balaban J connectivity index is 1.58. The first-order chi connectivity index (χ1) is 11.8. The third kappa shape index (κ3) is 4.73. The number of aryl methyl sites for hydroxylation is 1. The van der Waals surface area contributed by atoms with Crippen molar-refractivity contribution in [3.05, 3.63) is 38.2 Å². The highest BCUT2D eigenvalue weighted by Crippen LogP contribution is 2.22. The molecule has 136 valence electrons. The van der Waals surface area contributed by atoms with Crippen LogP contribution < -0.4 is 5.56 Å². The third-order valence-corrected chi connectivity index (χ3v) is 5.52. The summed E-state index contributed by atoms with van der Waals surface area (Å²) in [4.78, 5) is 14.6. The number of aromatic nitrogens is 4. The molecule has 1 aliphatic heterocycles. The van der Waals surface area contributed by atoms with Gasteiger partial charge in [-0.3, -0.25) is 9.69 Å². The Hall–Kier alpha value is -1.60. The van der Waals surface area contributed by atoms with Crippen LogP contribution in [0.2, 0.25) is 0 Å². The highest BCUT2D eigenvalue weighted by molar-refractivity contribution is 7.11. The second-order valence-electron chi connectivity index (χ2n) is 7.92. The van der Waals surface area contributed by atoms with Crippen LogP contribution in [0.5, 0.6) is 0 Å². The summed E-state index contributed by atoms with van der Waals surface area (Å²) >= 11 is 1.67. The van der Waals surface area contributed by atoms with Crippen molar-refractivity contribution >= 4 is 11.3 Å². The van der Waals surface area contributed by atoms with Crippen LogP contribution >= 0.6 is 11.3 Å². The normalized spacial score (nSPS) is 17.1. The molecule has 0 N–H and O–H groups in total. The predicted octanol–water partition coefficient (Wildman–Crippen LogP) is 2.61. The fourth-order valence-electron chi connectivity index (χ4n) is 3.14. The molecule has 0 unspecified atom stereocenters. The molecule has 0 atom stereocenters. The van der Waals surface area contributed by atoms with Crippen LogP contribution in [-0.2, 0) is 18.5 Å². The fraction of sp³-hybridized carbons (Fsp3) is 0.667. The number of hydrogen-bond donors (Lipinski definition) is 0. The van der Waals surface area contributed by atoms with Crippen molar-refractivity contribution in [2.75, 3.05) is 13.1 Å². The first-order valence-corrected chi connectivity index (χ1v) is 9.73. The van der Waals surface area contributed by atoms with E-state index < -0.39 is 0 Å². The van der Waals surface area contributed by atoms with Crippen LogP contribution in [0.15, 0.2) is 16.9 Å². The monoisotopic (exact) mass is 361 g/mol. The second kappa shape index (κ2) is 7.33. The highest BCUT2D eigenvalue weighted by atomic mass is 32.1. The number of hydrogen-bond acceptors (Lipinski definition) is 6. The topological polar surface area (TPSA) is 63.9 Å². The van der Waals surface area contributed by atoms with Gasteiger partial charge in [0.25, 0.3) is 5.56 Å². The van der Waals surface area contributed by atoms with E-state index in [1.807, 2.05) is 13.0 Å². The van der Waals surface area contributed by atoms with Crippen molar-refractivity contribution in [3.8, 4) is 0 Å². The summed E-state index contributed by atoms with van der Waals surface area (Å²) in [5.41, 5.74) is 0.925. The Bertz CT molecular complexity index is 768. The fourth-order valence-corrected chi connectivity index (χ4v) is 3.90. The molecule has 0 amide bonds. The Kier molecular flexibility index (Phi) is 5.34. The molecule has 2 aromatic rings. The SMILES string of the molecule is Cc1nnc(CN2CCC(Cn3nc(C(C)(C)C)ccc3=O)CC2)s1. The summed E-state index contributed by atoms with van der Waals surface area (Å²) in [6.45, 7) is 12.0. The quantitative estimate of drug-likeness (QED) is 0.838. The third-order valence-electron chi connectivity index (χ3n) is 4.70. The molecule has 7 heteroatoms. The standard InChI is InChI=1S/C18H27N5OS/c1-13-19-20-16(25-13)12-22-9-7-14(8-10-22)11-23-17(24)6-5-15(21-23)18(2,3)4/h5-6,14H,7-12H2,1-4H3. The van der Waals surface area contributed by atoms with Gasteiger partial charge in [-0.2, -0.15) is 5.10 Å². The molecule has 25 heavy (non-hydrogen) atoms. The maximum absolute atomic E-state index is 12.2. The Morgan fingerprint density at radius 2 is 1.92 bits per heavy atom. The van der Waals surface area contributed by atoms with Gasteiger partial charge in [0.15, 0.2) is 0 Å². The number of likely N-dealkylation sites (tertiary alicyclic amines) is 1. The molecule has 0 aromatic carbocycles. The lowest BCUT2D eigenvalue weighted by Crippen LogP contribution is -2.37. The van der Waals surface area contributed by atoms with Crippen molar-refractivity contribution in [3.63, 3.8) is 0 Å². The van der Waals surface area contributed by atoms with Crippen LogP contribution in [0, 0.1) is 12.8 Å². The van der Waals surface area contributed by atoms with Gasteiger partial charge in [0.2, 0.25) is 0 Å². The molecule has 0 aliphatic carbocycles. The van der Waals surface area contributed by atoms with E-state index in [1.165, 1.54) is 0 Å². The van der Waals surface area contributed by atoms with E-state index >= 15 is 0 Å². The average molecular weight is 362 g/mol. The van der Waals surface area contributed by atoms with Crippen molar-refractivity contribution < 1.29 is 0 Å². The Morgan fingerprint density at radius 3 is 2.52 bits per heavy atom. The van der Waals surface area contributed by atoms with Crippen LogP contribution in [-0.4, -0.2) is 38.0 Å². The minimum atomic E-state index is -0.0430. The maximum Gasteiger partial charge on any atom is 0.266 e. The second-order valence-corrected chi connectivity index (χ2v) is 9.19. The number of rotatable bonds is 4. The summed E-state index contributed by atoms with van der Waals surface area (Å²) in [5, 5.41) is 15.0. The van der Waals surface area contributed by atoms with Gasteiger partial charge in [0.05, 0.1) is 12.2 Å². The molecule has 3 heterocycles. The molecule has 0 radical (unpaired) electrons. The van der Waals surface area contributed by atoms with Crippen molar-refractivity contribution in [1.82, 2.24) is 24.9 Å². The van der Waals surface area contributed by atoms with Gasteiger partial charge >= 0.3 is 0 Å². The van der Waals surface area contributed by atoms with E-state index in [9.17, 15) is 4.79 Å². The van der Waals surface area contributed by atoms with Crippen molar-refractivity contribution in [2.45, 2.75) is 59.0 Å². The molecule has 0 spiro atoms. The lowest BCUT2D eigenvalue weighted by atomic mass is 9.92. The molecule has 6 nitrogen and oxygen atoms in total. The van der Waals surface area contributed by atoms with Crippen LogP contribution in [0.25, 0.3) is 0 Å².